The van der Waals surface area contributed by atoms with E-state index in [2.05, 4.69) is 5.32 Å². The second-order valence-electron chi connectivity index (χ2n) is 5.85. The highest BCUT2D eigenvalue weighted by Gasteiger charge is 2.23. The molecule has 1 aliphatic rings. The first-order chi connectivity index (χ1) is 12.2. The van der Waals surface area contributed by atoms with Crippen molar-refractivity contribution >= 4 is 22.8 Å². The minimum atomic E-state index is -0.685. The molecule has 0 spiro atoms. The van der Waals surface area contributed by atoms with Gasteiger partial charge >= 0.3 is 5.97 Å². The van der Waals surface area contributed by atoms with Crippen LogP contribution >= 0.6 is 0 Å². The fourth-order valence-corrected chi connectivity index (χ4v) is 2.83. The zero-order valence-corrected chi connectivity index (χ0v) is 14.1. The summed E-state index contributed by atoms with van der Waals surface area (Å²) >= 11 is 0. The highest BCUT2D eigenvalue weighted by molar-refractivity contribution is 5.96. The molecule has 1 fully saturated rings. The van der Waals surface area contributed by atoms with E-state index in [0.29, 0.717) is 17.7 Å². The number of ether oxygens (including phenoxy) is 3. The Morgan fingerprint density at radius 1 is 1.32 bits per heavy atom. The Morgan fingerprint density at radius 3 is 2.92 bits per heavy atom. The number of amides is 1. The van der Waals surface area contributed by atoms with Gasteiger partial charge in [0.05, 0.1) is 12.7 Å². The van der Waals surface area contributed by atoms with Crippen LogP contribution in [-0.4, -0.2) is 44.8 Å². The van der Waals surface area contributed by atoms with Gasteiger partial charge in [-0.15, -0.1) is 0 Å². The van der Waals surface area contributed by atoms with Gasteiger partial charge in [-0.2, -0.15) is 0 Å². The predicted molar refractivity (Wildman–Crippen MR) is 89.2 cm³/mol. The van der Waals surface area contributed by atoms with Gasteiger partial charge < -0.3 is 23.9 Å². The average Bonchev–Trinajstić information content (AvgIpc) is 3.26. The van der Waals surface area contributed by atoms with Gasteiger partial charge in [-0.1, -0.05) is 18.2 Å². The molecule has 1 aromatic carbocycles. The van der Waals surface area contributed by atoms with Crippen LogP contribution in [0.4, 0.5) is 0 Å². The highest BCUT2D eigenvalue weighted by Crippen LogP contribution is 2.27. The Hall–Kier alpha value is -2.38. The van der Waals surface area contributed by atoms with E-state index in [1.165, 1.54) is 7.11 Å². The van der Waals surface area contributed by atoms with Gasteiger partial charge in [0.15, 0.2) is 6.61 Å². The second-order valence-corrected chi connectivity index (χ2v) is 5.85. The third-order valence-electron chi connectivity index (χ3n) is 4.06. The molecule has 0 aliphatic carbocycles. The number of hydrogen-bond donors (Lipinski definition) is 1. The molecule has 0 unspecified atom stereocenters. The van der Waals surface area contributed by atoms with E-state index in [0.717, 1.165) is 24.8 Å². The number of fused-ring (bicyclic) bond motifs is 1. The number of hydrogen-bond acceptors (Lipinski definition) is 6. The van der Waals surface area contributed by atoms with Crippen LogP contribution in [0.1, 0.15) is 29.0 Å². The number of furan rings is 1. The van der Waals surface area contributed by atoms with Crippen molar-refractivity contribution in [3.63, 3.8) is 0 Å². The van der Waals surface area contributed by atoms with Crippen LogP contribution < -0.4 is 5.32 Å². The first-order valence-electron chi connectivity index (χ1n) is 8.24. The van der Waals surface area contributed by atoms with Crippen molar-refractivity contribution in [3.05, 3.63) is 35.6 Å². The predicted octanol–water partition coefficient (Wildman–Crippen LogP) is 2.03. The lowest BCUT2D eigenvalue weighted by Crippen LogP contribution is -2.34. The normalized spacial score (nSPS) is 16.9. The van der Waals surface area contributed by atoms with Gasteiger partial charge in [0.2, 0.25) is 5.76 Å². The minimum absolute atomic E-state index is 0.0448. The maximum Gasteiger partial charge on any atom is 0.375 e. The van der Waals surface area contributed by atoms with E-state index in [4.69, 9.17) is 18.6 Å². The molecule has 1 saturated heterocycles. The van der Waals surface area contributed by atoms with E-state index in [1.54, 1.807) is 6.07 Å². The van der Waals surface area contributed by atoms with Crippen LogP contribution in [0.15, 0.2) is 28.7 Å². The molecule has 1 N–H and O–H groups in total. The van der Waals surface area contributed by atoms with E-state index < -0.39 is 5.97 Å². The molecule has 1 aromatic heterocycles. The number of rotatable bonds is 7. The molecule has 2 heterocycles. The lowest BCUT2D eigenvalue weighted by atomic mass is 10.1. The molecule has 1 atom stereocenters. The monoisotopic (exact) mass is 347 g/mol. The van der Waals surface area contributed by atoms with Crippen LogP contribution in [0.3, 0.4) is 0 Å². The number of benzene rings is 1. The van der Waals surface area contributed by atoms with Crippen LogP contribution in [-0.2, 0) is 25.6 Å². The number of para-hydroxylation sites is 1. The van der Waals surface area contributed by atoms with Crippen molar-refractivity contribution < 1.29 is 28.2 Å². The number of nitrogens with one attached hydrogen (secondary N) is 1. The SMILES string of the molecule is COCc1c(C(=O)OCC(=O)NC[C@@H]2CCCO2)oc2ccccc12. The van der Waals surface area contributed by atoms with E-state index in [-0.39, 0.29) is 31.0 Å². The van der Waals surface area contributed by atoms with E-state index >= 15 is 0 Å². The summed E-state index contributed by atoms with van der Waals surface area (Å²) in [5.41, 5.74) is 1.19. The molecule has 0 saturated carbocycles. The third-order valence-corrected chi connectivity index (χ3v) is 4.06. The molecule has 1 amide bonds. The topological polar surface area (TPSA) is 87.0 Å². The number of carbonyl (C=O) groups excluding carboxylic acids is 2. The molecule has 2 aromatic rings. The summed E-state index contributed by atoms with van der Waals surface area (Å²) in [6, 6.07) is 7.28. The Bertz CT molecular complexity index is 747. The second kappa shape index (κ2) is 8.13. The molecular weight excluding hydrogens is 326 g/mol. The van der Waals surface area contributed by atoms with Crippen LogP contribution in [0.2, 0.25) is 0 Å². The molecule has 3 rings (SSSR count). The van der Waals surface area contributed by atoms with Crippen molar-refractivity contribution in [2.24, 2.45) is 0 Å². The largest absolute Gasteiger partial charge is 0.450 e. The molecule has 7 nitrogen and oxygen atoms in total. The van der Waals surface area contributed by atoms with Crippen molar-refractivity contribution in [2.75, 3.05) is 26.9 Å². The lowest BCUT2D eigenvalue weighted by molar-refractivity contribution is -0.124. The van der Waals surface area contributed by atoms with Crippen molar-refractivity contribution in [2.45, 2.75) is 25.6 Å². The fraction of sp³-hybridized carbons (Fsp3) is 0.444. The van der Waals surface area contributed by atoms with Gasteiger partial charge in [-0.25, -0.2) is 4.79 Å². The molecule has 0 bridgehead atoms. The first kappa shape index (κ1) is 17.4. The minimum Gasteiger partial charge on any atom is -0.450 e. The van der Waals surface area contributed by atoms with Crippen LogP contribution in [0.25, 0.3) is 11.0 Å². The summed E-state index contributed by atoms with van der Waals surface area (Å²) in [5, 5.41) is 3.49. The lowest BCUT2D eigenvalue weighted by Gasteiger charge is -2.10. The summed E-state index contributed by atoms with van der Waals surface area (Å²) in [7, 11) is 1.54. The molecule has 134 valence electrons. The fourth-order valence-electron chi connectivity index (χ4n) is 2.83. The van der Waals surface area contributed by atoms with Crippen molar-refractivity contribution in [1.82, 2.24) is 5.32 Å². The van der Waals surface area contributed by atoms with Crippen LogP contribution in [0, 0.1) is 0 Å². The number of methoxy groups -OCH3 is 1. The van der Waals surface area contributed by atoms with Gasteiger partial charge in [0.25, 0.3) is 5.91 Å². The Labute approximate surface area is 145 Å². The maximum absolute atomic E-state index is 12.3. The standard InChI is InChI=1S/C18H21NO6/c1-22-10-14-13-6-2-3-7-15(13)25-17(14)18(21)24-11-16(20)19-9-12-5-4-8-23-12/h2-3,6-7,12H,4-5,8-11H2,1H3,(H,19,20)/t12-/m0/s1. The first-order valence-corrected chi connectivity index (χ1v) is 8.24. The summed E-state index contributed by atoms with van der Waals surface area (Å²) in [6.45, 7) is 1.00. The zero-order valence-electron chi connectivity index (χ0n) is 14.1. The zero-order chi connectivity index (χ0) is 17.6. The van der Waals surface area contributed by atoms with Crippen LogP contribution in [0.5, 0.6) is 0 Å². The van der Waals surface area contributed by atoms with Gasteiger partial charge in [0.1, 0.15) is 5.58 Å². The summed E-state index contributed by atoms with van der Waals surface area (Å²) in [6.07, 6.45) is 1.98. The summed E-state index contributed by atoms with van der Waals surface area (Å²) in [5.74, 6) is -0.987. The Kier molecular flexibility index (Phi) is 5.67. The number of carbonyl (C=O) groups is 2. The van der Waals surface area contributed by atoms with E-state index in [1.807, 2.05) is 18.2 Å². The maximum atomic E-state index is 12.3. The number of esters is 1. The van der Waals surface area contributed by atoms with Gasteiger partial charge in [0, 0.05) is 31.2 Å². The molecule has 0 radical (unpaired) electrons. The summed E-state index contributed by atoms with van der Waals surface area (Å²) < 4.78 is 21.2. The molecular formula is C18H21NO6. The summed E-state index contributed by atoms with van der Waals surface area (Å²) in [4.78, 5) is 24.1. The average molecular weight is 347 g/mol. The Balaban J connectivity index is 1.59. The quantitative estimate of drug-likeness (QED) is 0.771. The van der Waals surface area contributed by atoms with Gasteiger partial charge in [-0.05, 0) is 18.9 Å². The Morgan fingerprint density at radius 2 is 2.16 bits per heavy atom. The van der Waals surface area contributed by atoms with Gasteiger partial charge in [-0.3, -0.25) is 4.79 Å². The molecule has 7 heteroatoms. The van der Waals surface area contributed by atoms with Crippen molar-refractivity contribution in [3.8, 4) is 0 Å². The third kappa shape index (κ3) is 4.18. The smallest absolute Gasteiger partial charge is 0.375 e. The van der Waals surface area contributed by atoms with E-state index in [9.17, 15) is 9.59 Å². The molecule has 25 heavy (non-hydrogen) atoms. The van der Waals surface area contributed by atoms with Crippen molar-refractivity contribution in [1.29, 1.82) is 0 Å². The molecule has 1 aliphatic heterocycles. The highest BCUT2D eigenvalue weighted by atomic mass is 16.5.